The summed E-state index contributed by atoms with van der Waals surface area (Å²) in [5.41, 5.74) is 4.63. The first-order chi connectivity index (χ1) is 16.1. The van der Waals surface area contributed by atoms with E-state index >= 15 is 0 Å². The lowest BCUT2D eigenvalue weighted by Gasteiger charge is -2.16. The molecule has 0 bridgehead atoms. The van der Waals surface area contributed by atoms with Gasteiger partial charge < -0.3 is 4.90 Å². The number of anilines is 1. The number of hydrogen-bond donors (Lipinski definition) is 0. The summed E-state index contributed by atoms with van der Waals surface area (Å²) in [5, 5.41) is 15.9. The summed E-state index contributed by atoms with van der Waals surface area (Å²) in [6, 6.07) is 28.0. The maximum atomic E-state index is 13.7. The molecule has 0 amide bonds. The number of aromatic nitrogens is 3. The molecule has 0 unspecified atom stereocenters. The van der Waals surface area contributed by atoms with E-state index < -0.39 is 0 Å². The molecule has 0 radical (unpaired) electrons. The molecule has 0 N–H and O–H groups in total. The van der Waals surface area contributed by atoms with Gasteiger partial charge in [-0.1, -0.05) is 48.5 Å². The summed E-state index contributed by atoms with van der Waals surface area (Å²) < 4.78 is 15.5. The SMILES string of the molecule is CN(C)c1c2c(C#N)c(-c3ccccc3)nc(-c3ccc(F)cc3)c2nn1-c1ccccc1. The Hall–Kier alpha value is -4.50. The van der Waals surface area contributed by atoms with Gasteiger partial charge in [0.2, 0.25) is 0 Å². The molecule has 0 saturated carbocycles. The molecule has 3 aromatic carbocycles. The molecular weight excluding hydrogens is 413 g/mol. The Bertz CT molecular complexity index is 1480. The van der Waals surface area contributed by atoms with Gasteiger partial charge in [-0.05, 0) is 36.4 Å². The van der Waals surface area contributed by atoms with Crippen LogP contribution >= 0.6 is 0 Å². The lowest BCUT2D eigenvalue weighted by Crippen LogP contribution is -2.14. The quantitative estimate of drug-likeness (QED) is 0.358. The van der Waals surface area contributed by atoms with E-state index in [1.54, 1.807) is 12.1 Å². The van der Waals surface area contributed by atoms with E-state index in [1.165, 1.54) is 12.1 Å². The zero-order valence-electron chi connectivity index (χ0n) is 18.2. The molecule has 33 heavy (non-hydrogen) atoms. The second-order valence-electron chi connectivity index (χ2n) is 7.86. The average molecular weight is 433 g/mol. The molecule has 0 aliphatic carbocycles. The Morgan fingerprint density at radius 1 is 0.818 bits per heavy atom. The Balaban J connectivity index is 1.96. The maximum absolute atomic E-state index is 13.7. The predicted octanol–water partition coefficient (Wildman–Crippen LogP) is 5.83. The van der Waals surface area contributed by atoms with E-state index in [0.717, 1.165) is 22.6 Å². The van der Waals surface area contributed by atoms with Crippen LogP contribution in [0.3, 0.4) is 0 Å². The highest BCUT2D eigenvalue weighted by Gasteiger charge is 2.25. The van der Waals surface area contributed by atoms with Crippen LogP contribution < -0.4 is 4.90 Å². The highest BCUT2D eigenvalue weighted by atomic mass is 19.1. The Kier molecular flexibility index (Phi) is 5.08. The summed E-state index contributed by atoms with van der Waals surface area (Å²) in [6.45, 7) is 0. The van der Waals surface area contributed by atoms with E-state index in [0.29, 0.717) is 27.9 Å². The van der Waals surface area contributed by atoms with Crippen molar-refractivity contribution < 1.29 is 4.39 Å². The third-order valence-electron chi connectivity index (χ3n) is 5.50. The molecule has 0 atom stereocenters. The summed E-state index contributed by atoms with van der Waals surface area (Å²) in [5.74, 6) is 0.450. The van der Waals surface area contributed by atoms with Crippen LogP contribution in [0.5, 0.6) is 0 Å². The number of benzene rings is 3. The van der Waals surface area contributed by atoms with Gasteiger partial charge in [-0.15, -0.1) is 0 Å². The van der Waals surface area contributed by atoms with Crippen molar-refractivity contribution in [3.63, 3.8) is 0 Å². The molecule has 5 aromatic rings. The summed E-state index contributed by atoms with van der Waals surface area (Å²) in [6.07, 6.45) is 0. The fourth-order valence-corrected chi connectivity index (χ4v) is 4.03. The normalized spacial score (nSPS) is 10.8. The van der Waals surface area contributed by atoms with Crippen molar-refractivity contribution in [3.8, 4) is 34.3 Å². The zero-order chi connectivity index (χ0) is 22.9. The monoisotopic (exact) mass is 433 g/mol. The van der Waals surface area contributed by atoms with Gasteiger partial charge in [0, 0.05) is 25.2 Å². The van der Waals surface area contributed by atoms with Gasteiger partial charge in [0.1, 0.15) is 23.2 Å². The minimum absolute atomic E-state index is 0.323. The summed E-state index contributed by atoms with van der Waals surface area (Å²) in [4.78, 5) is 6.86. The van der Waals surface area contributed by atoms with E-state index in [-0.39, 0.29) is 5.82 Å². The molecule has 0 spiro atoms. The van der Waals surface area contributed by atoms with Crippen molar-refractivity contribution in [2.75, 3.05) is 19.0 Å². The predicted molar refractivity (Wildman–Crippen MR) is 129 cm³/mol. The zero-order valence-corrected chi connectivity index (χ0v) is 18.2. The molecule has 5 nitrogen and oxygen atoms in total. The number of para-hydroxylation sites is 1. The third-order valence-corrected chi connectivity index (χ3v) is 5.50. The van der Waals surface area contributed by atoms with E-state index in [4.69, 9.17) is 10.1 Å². The fraction of sp³-hybridized carbons (Fsp3) is 0.0741. The van der Waals surface area contributed by atoms with Crippen LogP contribution in [0.4, 0.5) is 10.2 Å². The van der Waals surface area contributed by atoms with Crippen LogP contribution in [-0.2, 0) is 0 Å². The lowest BCUT2D eigenvalue weighted by molar-refractivity contribution is 0.628. The summed E-state index contributed by atoms with van der Waals surface area (Å²) >= 11 is 0. The van der Waals surface area contributed by atoms with Crippen LogP contribution in [0.15, 0.2) is 84.9 Å². The van der Waals surface area contributed by atoms with Gasteiger partial charge in [0.15, 0.2) is 0 Å². The molecule has 0 saturated heterocycles. The number of nitriles is 1. The number of fused-ring (bicyclic) bond motifs is 1. The number of halogens is 1. The molecule has 0 aliphatic rings. The Morgan fingerprint density at radius 3 is 2.03 bits per heavy atom. The van der Waals surface area contributed by atoms with Crippen LogP contribution in [0.25, 0.3) is 39.1 Å². The lowest BCUT2D eigenvalue weighted by atomic mass is 9.99. The minimum Gasteiger partial charge on any atom is -0.362 e. The smallest absolute Gasteiger partial charge is 0.141 e. The molecule has 0 fully saturated rings. The van der Waals surface area contributed by atoms with E-state index in [1.807, 2.05) is 84.3 Å². The standard InChI is InChI=1S/C27H20FN5/c1-32(2)27-23-22(17-29)24(18-9-5-3-6-10-18)30-25(19-13-15-20(28)16-14-19)26(23)31-33(27)21-11-7-4-8-12-21/h3-16H,1-2H3. The largest absolute Gasteiger partial charge is 0.362 e. The van der Waals surface area contributed by atoms with Crippen molar-refractivity contribution in [2.24, 2.45) is 0 Å². The molecule has 6 heteroatoms. The maximum Gasteiger partial charge on any atom is 0.141 e. The van der Waals surface area contributed by atoms with Crippen LogP contribution in [0.1, 0.15) is 5.56 Å². The van der Waals surface area contributed by atoms with Crippen LogP contribution in [0, 0.1) is 17.1 Å². The van der Waals surface area contributed by atoms with Crippen LogP contribution in [-0.4, -0.2) is 28.9 Å². The number of pyridine rings is 1. The second kappa shape index (κ2) is 8.21. The fourth-order valence-electron chi connectivity index (χ4n) is 4.03. The minimum atomic E-state index is -0.323. The van der Waals surface area contributed by atoms with Gasteiger partial charge in [-0.3, -0.25) is 0 Å². The van der Waals surface area contributed by atoms with E-state index in [9.17, 15) is 9.65 Å². The molecule has 0 aliphatic heterocycles. The molecule has 160 valence electrons. The molecule has 5 rings (SSSR count). The van der Waals surface area contributed by atoms with Crippen molar-refractivity contribution in [1.82, 2.24) is 14.8 Å². The number of rotatable bonds is 4. The Labute approximate surface area is 191 Å². The molecule has 2 aromatic heterocycles. The first-order valence-electron chi connectivity index (χ1n) is 10.5. The van der Waals surface area contributed by atoms with Crippen molar-refractivity contribution in [3.05, 3.63) is 96.3 Å². The van der Waals surface area contributed by atoms with E-state index in [2.05, 4.69) is 6.07 Å². The number of nitrogens with zero attached hydrogens (tertiary/aromatic N) is 5. The van der Waals surface area contributed by atoms with Gasteiger partial charge in [0.05, 0.1) is 28.0 Å². The summed E-state index contributed by atoms with van der Waals surface area (Å²) in [7, 11) is 3.86. The molecule has 2 heterocycles. The van der Waals surface area contributed by atoms with Crippen molar-refractivity contribution in [1.29, 1.82) is 5.26 Å². The van der Waals surface area contributed by atoms with Gasteiger partial charge >= 0.3 is 0 Å². The first kappa shape index (κ1) is 20.4. The average Bonchev–Trinajstić information content (AvgIpc) is 3.26. The van der Waals surface area contributed by atoms with Crippen molar-refractivity contribution in [2.45, 2.75) is 0 Å². The van der Waals surface area contributed by atoms with Crippen molar-refractivity contribution >= 4 is 16.7 Å². The highest BCUT2D eigenvalue weighted by molar-refractivity contribution is 6.05. The number of hydrogen-bond acceptors (Lipinski definition) is 4. The van der Waals surface area contributed by atoms with Gasteiger partial charge in [-0.2, -0.15) is 10.4 Å². The van der Waals surface area contributed by atoms with Gasteiger partial charge in [0.25, 0.3) is 0 Å². The Morgan fingerprint density at radius 2 is 1.42 bits per heavy atom. The second-order valence-corrected chi connectivity index (χ2v) is 7.86. The van der Waals surface area contributed by atoms with Crippen LogP contribution in [0.2, 0.25) is 0 Å². The first-order valence-corrected chi connectivity index (χ1v) is 10.5. The third kappa shape index (κ3) is 3.50. The molecular formula is C27H20FN5. The highest BCUT2D eigenvalue weighted by Crippen LogP contribution is 2.40. The van der Waals surface area contributed by atoms with Gasteiger partial charge in [-0.25, -0.2) is 14.1 Å². The topological polar surface area (TPSA) is 57.7 Å².